The van der Waals surface area contributed by atoms with Crippen molar-refractivity contribution in [1.29, 1.82) is 0 Å². The van der Waals surface area contributed by atoms with Crippen LogP contribution in [0.4, 0.5) is 5.69 Å². The van der Waals surface area contributed by atoms with Crippen LogP contribution in [0.2, 0.25) is 0 Å². The Kier molecular flexibility index (Phi) is 4.04. The van der Waals surface area contributed by atoms with E-state index < -0.39 is 4.92 Å². The van der Waals surface area contributed by atoms with Gasteiger partial charge in [0.25, 0.3) is 11.6 Å². The highest BCUT2D eigenvalue weighted by molar-refractivity contribution is 6.05. The van der Waals surface area contributed by atoms with Crippen molar-refractivity contribution in [3.05, 3.63) is 82.0 Å². The fourth-order valence-corrected chi connectivity index (χ4v) is 3.26. The van der Waals surface area contributed by atoms with E-state index in [0.29, 0.717) is 10.9 Å². The first-order valence-corrected chi connectivity index (χ1v) is 8.45. The van der Waals surface area contributed by atoms with Crippen LogP contribution in [0.15, 0.2) is 60.7 Å². The van der Waals surface area contributed by atoms with Crippen LogP contribution >= 0.6 is 0 Å². The first kappa shape index (κ1) is 16.7. The molecule has 0 aliphatic carbocycles. The number of carbonyl (C=O) groups is 1. The molecule has 0 radical (unpaired) electrons. The molecule has 4 aromatic rings. The summed E-state index contributed by atoms with van der Waals surface area (Å²) in [5.41, 5.74) is 1.62. The topological polar surface area (TPSA) is 101 Å². The lowest BCUT2D eigenvalue weighted by molar-refractivity contribution is -0.384. The van der Waals surface area contributed by atoms with E-state index in [4.69, 9.17) is 0 Å². The lowest BCUT2D eigenvalue weighted by atomic mass is 9.99. The van der Waals surface area contributed by atoms with Crippen LogP contribution in [0.5, 0.6) is 0 Å². The summed E-state index contributed by atoms with van der Waals surface area (Å²) in [6, 6.07) is 17.9. The Labute approximate surface area is 154 Å². The standard InChI is InChI=1S/C20H16N4O3/c1-12(15-8-4-6-13-5-2-3-7-16(13)15)21-20(25)19-17-11-14(24(26)27)9-10-18(17)22-23-19/h2-12H,1H3,(H,21,25)(H,22,23). The summed E-state index contributed by atoms with van der Waals surface area (Å²) in [7, 11) is 0. The number of fused-ring (bicyclic) bond motifs is 2. The summed E-state index contributed by atoms with van der Waals surface area (Å²) in [4.78, 5) is 23.3. The predicted molar refractivity (Wildman–Crippen MR) is 103 cm³/mol. The largest absolute Gasteiger partial charge is 0.344 e. The smallest absolute Gasteiger partial charge is 0.272 e. The molecule has 0 fully saturated rings. The van der Waals surface area contributed by atoms with Crippen molar-refractivity contribution in [2.75, 3.05) is 0 Å². The molecule has 2 N–H and O–H groups in total. The van der Waals surface area contributed by atoms with Gasteiger partial charge in [0.05, 0.1) is 16.5 Å². The van der Waals surface area contributed by atoms with Crippen LogP contribution < -0.4 is 5.32 Å². The Hall–Kier alpha value is -3.74. The van der Waals surface area contributed by atoms with Crippen LogP contribution in [0.1, 0.15) is 29.0 Å². The number of nitro benzene ring substituents is 1. The quantitative estimate of drug-likeness (QED) is 0.422. The fraction of sp³-hybridized carbons (Fsp3) is 0.100. The third-order valence-corrected chi connectivity index (χ3v) is 4.61. The number of hydrogen-bond donors (Lipinski definition) is 2. The van der Waals surface area contributed by atoms with Crippen molar-refractivity contribution in [3.63, 3.8) is 0 Å². The summed E-state index contributed by atoms with van der Waals surface area (Å²) in [6.07, 6.45) is 0. The molecule has 1 heterocycles. The number of rotatable bonds is 4. The molecule has 0 bridgehead atoms. The van der Waals surface area contributed by atoms with Gasteiger partial charge in [-0.2, -0.15) is 5.10 Å². The van der Waals surface area contributed by atoms with Crippen LogP contribution in [-0.2, 0) is 0 Å². The lowest BCUT2D eigenvalue weighted by Crippen LogP contribution is -2.27. The van der Waals surface area contributed by atoms with Crippen molar-refractivity contribution in [1.82, 2.24) is 15.5 Å². The second-order valence-electron chi connectivity index (χ2n) is 6.32. The van der Waals surface area contributed by atoms with E-state index in [9.17, 15) is 14.9 Å². The van der Waals surface area contributed by atoms with Crippen LogP contribution in [-0.4, -0.2) is 21.0 Å². The zero-order valence-corrected chi connectivity index (χ0v) is 14.5. The molecule has 1 amide bonds. The van der Waals surface area contributed by atoms with Crippen LogP contribution in [0, 0.1) is 10.1 Å². The van der Waals surface area contributed by atoms with Crippen molar-refractivity contribution < 1.29 is 9.72 Å². The summed E-state index contributed by atoms with van der Waals surface area (Å²) in [5.74, 6) is -0.387. The molecule has 0 spiro atoms. The molecule has 134 valence electrons. The molecular formula is C20H16N4O3. The summed E-state index contributed by atoms with van der Waals surface area (Å²) < 4.78 is 0. The number of non-ortho nitro benzene ring substituents is 1. The predicted octanol–water partition coefficient (Wildman–Crippen LogP) is 4.12. The molecule has 0 saturated carbocycles. The van der Waals surface area contributed by atoms with E-state index in [1.165, 1.54) is 12.1 Å². The van der Waals surface area contributed by atoms with Gasteiger partial charge in [-0.3, -0.25) is 20.0 Å². The van der Waals surface area contributed by atoms with Gasteiger partial charge in [0.2, 0.25) is 0 Å². The number of nitrogens with zero attached hydrogens (tertiary/aromatic N) is 2. The van der Waals surface area contributed by atoms with Crippen LogP contribution in [0.3, 0.4) is 0 Å². The molecule has 7 heteroatoms. The van der Waals surface area contributed by atoms with E-state index >= 15 is 0 Å². The zero-order chi connectivity index (χ0) is 19.0. The third kappa shape index (κ3) is 2.99. The average Bonchev–Trinajstić information content (AvgIpc) is 3.10. The number of aromatic nitrogens is 2. The normalized spacial score (nSPS) is 12.2. The molecule has 4 rings (SSSR count). The summed E-state index contributed by atoms with van der Waals surface area (Å²) >= 11 is 0. The van der Waals surface area contributed by atoms with Gasteiger partial charge in [-0.15, -0.1) is 0 Å². The molecular weight excluding hydrogens is 344 g/mol. The minimum absolute atomic E-state index is 0.0833. The molecule has 27 heavy (non-hydrogen) atoms. The highest BCUT2D eigenvalue weighted by atomic mass is 16.6. The van der Waals surface area contributed by atoms with Gasteiger partial charge in [-0.05, 0) is 29.3 Å². The number of H-pyrrole nitrogens is 1. The van der Waals surface area contributed by atoms with Gasteiger partial charge in [0, 0.05) is 17.5 Å². The number of amides is 1. The minimum Gasteiger partial charge on any atom is -0.344 e. The first-order chi connectivity index (χ1) is 13.0. The van der Waals surface area contributed by atoms with Gasteiger partial charge in [-0.1, -0.05) is 42.5 Å². The Morgan fingerprint density at radius 3 is 2.70 bits per heavy atom. The molecule has 1 unspecified atom stereocenters. The lowest BCUT2D eigenvalue weighted by Gasteiger charge is -2.16. The molecule has 0 aliphatic rings. The Morgan fingerprint density at radius 2 is 1.89 bits per heavy atom. The fourth-order valence-electron chi connectivity index (χ4n) is 3.26. The van der Waals surface area contributed by atoms with Crippen molar-refractivity contribution in [2.24, 2.45) is 0 Å². The van der Waals surface area contributed by atoms with Crippen molar-refractivity contribution in [2.45, 2.75) is 13.0 Å². The Balaban J connectivity index is 1.66. The molecule has 3 aromatic carbocycles. The van der Waals surface area contributed by atoms with E-state index in [-0.39, 0.29) is 23.3 Å². The summed E-state index contributed by atoms with van der Waals surface area (Å²) in [5, 5.41) is 23.3. The number of nitrogens with one attached hydrogen (secondary N) is 2. The van der Waals surface area contributed by atoms with E-state index in [1.54, 1.807) is 6.07 Å². The number of benzene rings is 3. The van der Waals surface area contributed by atoms with E-state index in [2.05, 4.69) is 15.5 Å². The SMILES string of the molecule is CC(NC(=O)c1n[nH]c2ccc([N+](=O)[O-])cc12)c1cccc2ccccc12. The van der Waals surface area contributed by atoms with Gasteiger partial charge < -0.3 is 5.32 Å². The minimum atomic E-state index is -0.493. The highest BCUT2D eigenvalue weighted by Gasteiger charge is 2.20. The number of carbonyl (C=O) groups excluding carboxylic acids is 1. The van der Waals surface area contributed by atoms with Crippen molar-refractivity contribution in [3.8, 4) is 0 Å². The molecule has 1 atom stereocenters. The number of nitro groups is 1. The van der Waals surface area contributed by atoms with Gasteiger partial charge in [-0.25, -0.2) is 0 Å². The van der Waals surface area contributed by atoms with E-state index in [0.717, 1.165) is 16.3 Å². The van der Waals surface area contributed by atoms with Gasteiger partial charge in [0.15, 0.2) is 5.69 Å². The Morgan fingerprint density at radius 1 is 1.11 bits per heavy atom. The third-order valence-electron chi connectivity index (χ3n) is 4.61. The number of aromatic amines is 1. The maximum atomic E-state index is 12.8. The zero-order valence-electron chi connectivity index (χ0n) is 14.5. The first-order valence-electron chi connectivity index (χ1n) is 8.45. The van der Waals surface area contributed by atoms with Gasteiger partial charge >= 0.3 is 0 Å². The Bertz CT molecular complexity index is 1180. The maximum Gasteiger partial charge on any atom is 0.272 e. The number of hydrogen-bond acceptors (Lipinski definition) is 4. The highest BCUT2D eigenvalue weighted by Crippen LogP contribution is 2.26. The maximum absolute atomic E-state index is 12.8. The monoisotopic (exact) mass is 360 g/mol. The molecule has 1 aromatic heterocycles. The second kappa shape index (κ2) is 6.53. The molecule has 0 aliphatic heterocycles. The summed E-state index contributed by atoms with van der Waals surface area (Å²) in [6.45, 7) is 1.90. The molecule has 0 saturated heterocycles. The van der Waals surface area contributed by atoms with Crippen LogP contribution in [0.25, 0.3) is 21.7 Å². The van der Waals surface area contributed by atoms with Crippen molar-refractivity contribution >= 4 is 33.3 Å². The average molecular weight is 360 g/mol. The van der Waals surface area contributed by atoms with Gasteiger partial charge in [0.1, 0.15) is 0 Å². The van der Waals surface area contributed by atoms with E-state index in [1.807, 2.05) is 49.4 Å². The molecule has 7 nitrogen and oxygen atoms in total. The second-order valence-corrected chi connectivity index (χ2v) is 6.32.